The van der Waals surface area contributed by atoms with Crippen LogP contribution in [-0.4, -0.2) is 59.1 Å². The number of hydrogen-bond donors (Lipinski definition) is 0. The Morgan fingerprint density at radius 1 is 1.02 bits per heavy atom. The monoisotopic (exact) mass is 614 g/mol. The number of amides is 1. The predicted octanol–water partition coefficient (Wildman–Crippen LogP) is 7.35. The summed E-state index contributed by atoms with van der Waals surface area (Å²) in [5.74, 6) is -0.250. The molecule has 1 aromatic heterocycles. The molecule has 0 saturated carbocycles. The van der Waals surface area contributed by atoms with E-state index in [2.05, 4.69) is 39.6 Å². The summed E-state index contributed by atoms with van der Waals surface area (Å²) in [5, 5.41) is 0. The number of aromatic nitrogens is 2. The van der Waals surface area contributed by atoms with Crippen molar-refractivity contribution >= 4 is 17.6 Å². The van der Waals surface area contributed by atoms with Crippen LogP contribution in [0.3, 0.4) is 0 Å². The van der Waals surface area contributed by atoms with Crippen LogP contribution in [0, 0.1) is 5.92 Å². The van der Waals surface area contributed by atoms with Crippen molar-refractivity contribution in [2.75, 3.05) is 26.1 Å². The van der Waals surface area contributed by atoms with Gasteiger partial charge < -0.3 is 19.3 Å². The van der Waals surface area contributed by atoms with Gasteiger partial charge in [-0.3, -0.25) is 14.8 Å². The third kappa shape index (κ3) is 7.15. The van der Waals surface area contributed by atoms with Crippen LogP contribution in [0.25, 0.3) is 0 Å². The number of anilines is 1. The minimum absolute atomic E-state index is 0.0861. The molecule has 3 atom stereocenters. The topological polar surface area (TPSA) is 84.9 Å². The Morgan fingerprint density at radius 3 is 2.20 bits per heavy atom. The molecule has 0 spiro atoms. The summed E-state index contributed by atoms with van der Waals surface area (Å²) in [6.45, 7) is 16.1. The zero-order valence-corrected chi connectivity index (χ0v) is 28.8. The zero-order valence-electron chi connectivity index (χ0n) is 28.8. The van der Waals surface area contributed by atoms with Gasteiger partial charge >= 0.3 is 5.97 Å². The van der Waals surface area contributed by atoms with Crippen molar-refractivity contribution < 1.29 is 19.1 Å². The fraction of sp³-hybridized carbons (Fsp3) is 0.514. The van der Waals surface area contributed by atoms with Gasteiger partial charge in [0.05, 0.1) is 18.8 Å². The maximum absolute atomic E-state index is 15.1. The first kappa shape index (κ1) is 33.9. The first-order valence-corrected chi connectivity index (χ1v) is 15.8. The van der Waals surface area contributed by atoms with Gasteiger partial charge in [-0.2, -0.15) is 0 Å². The van der Waals surface area contributed by atoms with E-state index in [0.717, 1.165) is 22.5 Å². The van der Waals surface area contributed by atoms with Gasteiger partial charge in [0.15, 0.2) is 0 Å². The number of esters is 1. The molecule has 242 valence electrons. The third-order valence-corrected chi connectivity index (χ3v) is 8.39. The van der Waals surface area contributed by atoms with Gasteiger partial charge in [-0.1, -0.05) is 52.8 Å². The molecule has 0 bridgehead atoms. The summed E-state index contributed by atoms with van der Waals surface area (Å²) in [4.78, 5) is 42.6. The van der Waals surface area contributed by atoms with E-state index in [1.54, 1.807) is 36.7 Å². The van der Waals surface area contributed by atoms with Gasteiger partial charge in [0.1, 0.15) is 16.9 Å². The van der Waals surface area contributed by atoms with Gasteiger partial charge in [0.2, 0.25) is 0 Å². The van der Waals surface area contributed by atoms with Crippen LogP contribution in [-0.2, 0) is 14.9 Å². The van der Waals surface area contributed by atoms with Crippen molar-refractivity contribution in [1.29, 1.82) is 0 Å². The number of likely N-dealkylation sites (tertiary alicyclic amines) is 1. The van der Waals surface area contributed by atoms with Crippen LogP contribution < -0.4 is 9.64 Å². The minimum atomic E-state index is -1.26. The number of carbonyl (C=O) groups is 2. The highest BCUT2D eigenvalue weighted by Crippen LogP contribution is 2.55. The molecule has 2 aromatic carbocycles. The quantitative estimate of drug-likeness (QED) is 0.245. The second-order valence-electron chi connectivity index (χ2n) is 14.8. The molecule has 0 aliphatic carbocycles. The van der Waals surface area contributed by atoms with E-state index in [-0.39, 0.29) is 23.2 Å². The summed E-state index contributed by atoms with van der Waals surface area (Å²) in [7, 11) is 5.61. The van der Waals surface area contributed by atoms with E-state index in [0.29, 0.717) is 24.2 Å². The first-order valence-electron chi connectivity index (χ1n) is 15.8. The molecule has 2 heterocycles. The molecule has 45 heavy (non-hydrogen) atoms. The number of carbonyl (C=O) groups excluding carboxylic acids is 2. The van der Waals surface area contributed by atoms with Crippen LogP contribution >= 0.6 is 0 Å². The fourth-order valence-corrected chi connectivity index (χ4v) is 6.54. The minimum Gasteiger partial charge on any atom is -0.496 e. The Kier molecular flexibility index (Phi) is 9.67. The maximum Gasteiger partial charge on any atom is 0.332 e. The third-order valence-electron chi connectivity index (χ3n) is 8.39. The van der Waals surface area contributed by atoms with Gasteiger partial charge in [0, 0.05) is 49.9 Å². The van der Waals surface area contributed by atoms with Crippen LogP contribution in [0.2, 0.25) is 0 Å². The number of methoxy groups -OCH3 is 1. The van der Waals surface area contributed by atoms with Crippen molar-refractivity contribution in [2.24, 2.45) is 5.92 Å². The first-order chi connectivity index (χ1) is 21.0. The van der Waals surface area contributed by atoms with Crippen molar-refractivity contribution in [3.8, 4) is 5.75 Å². The number of hydrogen-bond acceptors (Lipinski definition) is 7. The summed E-state index contributed by atoms with van der Waals surface area (Å²) < 4.78 is 12.0. The average Bonchev–Trinajstić information content (AvgIpc) is 3.31. The van der Waals surface area contributed by atoms with Gasteiger partial charge in [-0.15, -0.1) is 0 Å². The van der Waals surface area contributed by atoms with Crippen LogP contribution in [0.15, 0.2) is 61.1 Å². The Labute approximate surface area is 269 Å². The molecule has 1 amide bonds. The van der Waals surface area contributed by atoms with E-state index in [1.165, 1.54) is 0 Å². The number of rotatable bonds is 8. The molecule has 1 saturated heterocycles. The lowest BCUT2D eigenvalue weighted by Crippen LogP contribution is -2.56. The van der Waals surface area contributed by atoms with E-state index in [4.69, 9.17) is 14.5 Å². The van der Waals surface area contributed by atoms with Crippen LogP contribution in [0.1, 0.15) is 107 Å². The van der Waals surface area contributed by atoms with E-state index in [1.807, 2.05) is 76.2 Å². The highest BCUT2D eigenvalue weighted by atomic mass is 16.6. The summed E-state index contributed by atoms with van der Waals surface area (Å²) in [6.07, 6.45) is 5.83. The van der Waals surface area contributed by atoms with Gasteiger partial charge in [-0.25, -0.2) is 4.79 Å². The normalized spacial score (nSPS) is 20.3. The molecule has 0 radical (unpaired) electrons. The van der Waals surface area contributed by atoms with Crippen molar-refractivity contribution in [3.63, 3.8) is 0 Å². The molecule has 0 unspecified atom stereocenters. The van der Waals surface area contributed by atoms with Crippen LogP contribution in [0.4, 0.5) is 5.69 Å². The molecule has 1 fully saturated rings. The second kappa shape index (κ2) is 12.8. The SMILES string of the molecule is COc1cc(C(=O)N2[C@@H](c3ccc(N(C)C)cc3)[C@@H](c3cnccn3)C[C@@]2(CC(C)C)C(=O)OC(C)(C)C)ccc1C(C)(C)C. The number of benzene rings is 2. The molecular formula is C37H50N4O4. The smallest absolute Gasteiger partial charge is 0.332 e. The Balaban J connectivity index is 2.02. The summed E-state index contributed by atoms with van der Waals surface area (Å²) >= 11 is 0. The average molecular weight is 615 g/mol. The summed E-state index contributed by atoms with van der Waals surface area (Å²) in [5.41, 5.74) is 1.93. The number of ether oxygens (including phenoxy) is 2. The zero-order chi connectivity index (χ0) is 33.3. The second-order valence-corrected chi connectivity index (χ2v) is 14.8. The lowest BCUT2D eigenvalue weighted by molar-refractivity contribution is -0.168. The molecule has 8 heteroatoms. The molecule has 4 rings (SSSR count). The predicted molar refractivity (Wildman–Crippen MR) is 179 cm³/mol. The summed E-state index contributed by atoms with van der Waals surface area (Å²) in [6, 6.07) is 13.3. The number of nitrogens with zero attached hydrogens (tertiary/aromatic N) is 4. The largest absolute Gasteiger partial charge is 0.496 e. The highest BCUT2D eigenvalue weighted by Gasteiger charge is 2.60. The Morgan fingerprint density at radius 2 is 1.69 bits per heavy atom. The molecule has 0 N–H and O–H groups in total. The highest BCUT2D eigenvalue weighted by molar-refractivity contribution is 6.00. The van der Waals surface area contributed by atoms with Crippen molar-refractivity contribution in [2.45, 2.75) is 96.7 Å². The van der Waals surface area contributed by atoms with E-state index < -0.39 is 23.2 Å². The standard InChI is InChI=1S/C37H50N4O4/c1-24(2)21-37(34(43)45-36(6,7)8)22-28(30-23-38-18-19-39-30)32(25-12-15-27(16-13-25)40(9)10)41(37)33(42)26-14-17-29(35(3,4)5)31(20-26)44-11/h12-20,23-24,28,32H,21-22H2,1-11H3/t28-,32+,37+/m1/s1. The van der Waals surface area contributed by atoms with Gasteiger partial charge in [0.25, 0.3) is 5.91 Å². The van der Waals surface area contributed by atoms with E-state index >= 15 is 4.79 Å². The lowest BCUT2D eigenvalue weighted by Gasteiger charge is -2.42. The molecule has 3 aromatic rings. The van der Waals surface area contributed by atoms with Crippen molar-refractivity contribution in [1.82, 2.24) is 14.9 Å². The lowest BCUT2D eigenvalue weighted by atomic mass is 9.82. The molecular weight excluding hydrogens is 564 g/mol. The molecule has 8 nitrogen and oxygen atoms in total. The van der Waals surface area contributed by atoms with Crippen LogP contribution in [0.5, 0.6) is 5.75 Å². The van der Waals surface area contributed by atoms with E-state index in [9.17, 15) is 4.79 Å². The Hall–Kier alpha value is -3.94. The fourth-order valence-electron chi connectivity index (χ4n) is 6.54. The van der Waals surface area contributed by atoms with Crippen molar-refractivity contribution in [3.05, 3.63) is 83.4 Å². The van der Waals surface area contributed by atoms with Gasteiger partial charge in [-0.05, 0) is 80.3 Å². The molecule has 1 aliphatic heterocycles. The Bertz CT molecular complexity index is 1490. The maximum atomic E-state index is 15.1. The molecule has 1 aliphatic rings.